The van der Waals surface area contributed by atoms with E-state index in [4.69, 9.17) is 4.74 Å². The number of aryl methyl sites for hydroxylation is 2. The van der Waals surface area contributed by atoms with Crippen molar-refractivity contribution in [2.24, 2.45) is 0 Å². The van der Waals surface area contributed by atoms with Gasteiger partial charge in [0.05, 0.1) is 5.56 Å². The Labute approximate surface area is 276 Å². The summed E-state index contributed by atoms with van der Waals surface area (Å²) in [6.45, 7) is 12.7. The number of ether oxygens (including phenoxy) is 1. The highest BCUT2D eigenvalue weighted by Gasteiger charge is 2.46. The molecule has 1 fully saturated rings. The second kappa shape index (κ2) is 11.3. The molecule has 5 heteroatoms. The first-order valence-electron chi connectivity index (χ1n) is 17.0. The van der Waals surface area contributed by atoms with E-state index >= 15 is 0 Å². The fraction of sp³-hybridized carbons (Fsp3) is 0.262. The van der Waals surface area contributed by atoms with E-state index in [1.165, 1.54) is 62.8 Å². The number of para-hydroxylation sites is 2. The normalized spacial score (nSPS) is 17.4. The van der Waals surface area contributed by atoms with Gasteiger partial charge in [0.15, 0.2) is 5.60 Å². The molecule has 236 valence electrons. The molecule has 0 aliphatic carbocycles. The first kappa shape index (κ1) is 29.4. The predicted molar refractivity (Wildman–Crippen MR) is 192 cm³/mol. The predicted octanol–water partition coefficient (Wildman–Crippen LogP) is 9.40. The number of nitrogens with zero attached hydrogens (tertiary/aromatic N) is 3. The van der Waals surface area contributed by atoms with Crippen LogP contribution in [-0.2, 0) is 23.4 Å². The van der Waals surface area contributed by atoms with Crippen molar-refractivity contribution in [1.29, 1.82) is 0 Å². The van der Waals surface area contributed by atoms with Crippen LogP contribution in [0.25, 0.3) is 27.4 Å². The molecule has 8 rings (SSSR count). The first-order valence-corrected chi connectivity index (χ1v) is 17.0. The number of rotatable bonds is 7. The van der Waals surface area contributed by atoms with Gasteiger partial charge in [0, 0.05) is 87.3 Å². The zero-order valence-corrected chi connectivity index (χ0v) is 27.7. The minimum Gasteiger partial charge on any atom is -0.441 e. The van der Waals surface area contributed by atoms with Gasteiger partial charge < -0.3 is 18.8 Å². The molecule has 4 heterocycles. The Kier molecular flexibility index (Phi) is 7.09. The molecule has 6 aromatic rings. The molecule has 0 saturated carbocycles. The van der Waals surface area contributed by atoms with E-state index in [2.05, 4.69) is 127 Å². The van der Waals surface area contributed by atoms with Crippen molar-refractivity contribution in [1.82, 2.24) is 9.13 Å². The molecule has 0 bridgehead atoms. The molecule has 0 amide bonds. The van der Waals surface area contributed by atoms with Gasteiger partial charge in [-0.1, -0.05) is 66.7 Å². The highest BCUT2D eigenvalue weighted by molar-refractivity contribution is 6.07. The molecule has 0 spiro atoms. The number of hydrogen-bond donors (Lipinski definition) is 0. The van der Waals surface area contributed by atoms with Crippen LogP contribution < -0.4 is 4.90 Å². The fourth-order valence-corrected chi connectivity index (χ4v) is 8.37. The van der Waals surface area contributed by atoms with Gasteiger partial charge in [-0.2, -0.15) is 0 Å². The molecule has 2 aromatic heterocycles. The average molecular weight is 620 g/mol. The zero-order chi connectivity index (χ0) is 32.3. The zero-order valence-electron chi connectivity index (χ0n) is 27.7. The van der Waals surface area contributed by atoms with Crippen LogP contribution in [0.1, 0.15) is 70.7 Å². The van der Waals surface area contributed by atoms with Crippen LogP contribution in [0.2, 0.25) is 0 Å². The highest BCUT2D eigenvalue weighted by Crippen LogP contribution is 2.49. The number of fused-ring (bicyclic) bond motifs is 3. The third kappa shape index (κ3) is 4.40. The minimum absolute atomic E-state index is 0.291. The Morgan fingerprint density at radius 1 is 0.723 bits per heavy atom. The monoisotopic (exact) mass is 619 g/mol. The molecule has 0 N–H and O–H groups in total. The Morgan fingerprint density at radius 2 is 1.26 bits per heavy atom. The summed E-state index contributed by atoms with van der Waals surface area (Å²) in [7, 11) is 0. The number of benzene rings is 4. The second-order valence-electron chi connectivity index (χ2n) is 12.9. The maximum Gasteiger partial charge on any atom is 0.340 e. The van der Waals surface area contributed by atoms with Crippen molar-refractivity contribution in [2.45, 2.75) is 59.2 Å². The molecule has 1 atom stereocenters. The summed E-state index contributed by atoms with van der Waals surface area (Å²) >= 11 is 0. The van der Waals surface area contributed by atoms with E-state index in [1.807, 2.05) is 18.2 Å². The largest absolute Gasteiger partial charge is 0.441 e. The Balaban J connectivity index is 1.49. The fourth-order valence-electron chi connectivity index (χ4n) is 8.37. The summed E-state index contributed by atoms with van der Waals surface area (Å²) in [5, 5.41) is 2.39. The van der Waals surface area contributed by atoms with Crippen LogP contribution in [0.5, 0.6) is 0 Å². The van der Waals surface area contributed by atoms with Gasteiger partial charge in [-0.25, -0.2) is 4.79 Å². The number of esters is 1. The van der Waals surface area contributed by atoms with Crippen LogP contribution in [0.4, 0.5) is 5.69 Å². The van der Waals surface area contributed by atoms with E-state index < -0.39 is 5.60 Å². The maximum absolute atomic E-state index is 13.8. The Bertz CT molecular complexity index is 2100. The SMILES string of the molecule is CCn1c(C)c(C(=CC2(c3ccc(N4CCCC4)cc3)OC(=O)c3ccccc32)c2c(C)n(CC)c3ccccc23)c2ccccc21. The summed E-state index contributed by atoms with van der Waals surface area (Å²) in [5.41, 5.74) is 10.8. The lowest BCUT2D eigenvalue weighted by atomic mass is 9.81. The van der Waals surface area contributed by atoms with E-state index in [9.17, 15) is 4.79 Å². The lowest BCUT2D eigenvalue weighted by Gasteiger charge is -2.29. The van der Waals surface area contributed by atoms with Gasteiger partial charge in [-0.15, -0.1) is 0 Å². The summed E-state index contributed by atoms with van der Waals surface area (Å²) < 4.78 is 11.5. The maximum atomic E-state index is 13.8. The van der Waals surface area contributed by atoms with E-state index in [0.29, 0.717) is 5.56 Å². The van der Waals surface area contributed by atoms with Gasteiger partial charge in [-0.3, -0.25) is 0 Å². The third-order valence-corrected chi connectivity index (χ3v) is 10.5. The Morgan fingerprint density at radius 3 is 1.83 bits per heavy atom. The minimum atomic E-state index is -1.11. The number of anilines is 1. The van der Waals surface area contributed by atoms with E-state index in [0.717, 1.165) is 42.9 Å². The lowest BCUT2D eigenvalue weighted by Crippen LogP contribution is -2.26. The molecule has 5 nitrogen and oxygen atoms in total. The molecular weight excluding hydrogens is 578 g/mol. The average Bonchev–Trinajstić information content (AvgIpc) is 3.86. The molecule has 1 saturated heterocycles. The van der Waals surface area contributed by atoms with Gasteiger partial charge in [-0.05, 0) is 82.5 Å². The van der Waals surface area contributed by atoms with E-state index in [1.54, 1.807) is 0 Å². The third-order valence-electron chi connectivity index (χ3n) is 10.5. The summed E-state index contributed by atoms with van der Waals surface area (Å²) in [5.74, 6) is -0.291. The summed E-state index contributed by atoms with van der Waals surface area (Å²) in [4.78, 5) is 16.2. The molecule has 0 radical (unpaired) electrons. The van der Waals surface area contributed by atoms with Crippen molar-refractivity contribution in [3.05, 3.63) is 142 Å². The smallest absolute Gasteiger partial charge is 0.340 e. The van der Waals surface area contributed by atoms with Crippen molar-refractivity contribution < 1.29 is 9.53 Å². The van der Waals surface area contributed by atoms with Crippen LogP contribution in [0.3, 0.4) is 0 Å². The Hall–Kier alpha value is -5.03. The van der Waals surface area contributed by atoms with E-state index in [-0.39, 0.29) is 5.97 Å². The standard InChI is InChI=1S/C42H41N3O2/c1-5-44-28(3)39(33-16-8-11-19-37(33)44)35(40-29(4)45(6-2)38-20-12-9-17-34(38)40)27-42(36-18-10-7-15-32(36)41(46)47-42)30-21-23-31(24-22-30)43-25-13-14-26-43/h7-12,15-24,27H,5-6,13-14,25-26H2,1-4H3. The topological polar surface area (TPSA) is 39.4 Å². The van der Waals surface area contributed by atoms with Crippen molar-refractivity contribution in [3.8, 4) is 0 Å². The summed E-state index contributed by atoms with van der Waals surface area (Å²) in [6, 6.07) is 34.0. The molecular formula is C42H41N3O2. The van der Waals surface area contributed by atoms with Crippen LogP contribution in [0, 0.1) is 13.8 Å². The molecule has 1 unspecified atom stereocenters. The number of hydrogen-bond acceptors (Lipinski definition) is 3. The van der Waals surface area contributed by atoms with Crippen LogP contribution in [-0.4, -0.2) is 28.2 Å². The number of aromatic nitrogens is 2. The second-order valence-corrected chi connectivity index (χ2v) is 12.9. The van der Waals surface area contributed by atoms with Gasteiger partial charge in [0.2, 0.25) is 0 Å². The van der Waals surface area contributed by atoms with Gasteiger partial charge in [0.25, 0.3) is 0 Å². The van der Waals surface area contributed by atoms with Gasteiger partial charge in [0.1, 0.15) is 0 Å². The number of carbonyl (C=O) groups excluding carboxylic acids is 1. The summed E-state index contributed by atoms with van der Waals surface area (Å²) in [6.07, 6.45) is 4.71. The van der Waals surface area contributed by atoms with Crippen molar-refractivity contribution >= 4 is 39.0 Å². The van der Waals surface area contributed by atoms with Crippen molar-refractivity contribution in [2.75, 3.05) is 18.0 Å². The molecule has 47 heavy (non-hydrogen) atoms. The van der Waals surface area contributed by atoms with Crippen LogP contribution >= 0.6 is 0 Å². The first-order chi connectivity index (χ1) is 23.0. The number of carbonyl (C=O) groups is 1. The number of cyclic esters (lactones) is 1. The molecule has 4 aromatic carbocycles. The van der Waals surface area contributed by atoms with Crippen molar-refractivity contribution in [3.63, 3.8) is 0 Å². The molecule has 2 aliphatic heterocycles. The highest BCUT2D eigenvalue weighted by atomic mass is 16.6. The van der Waals surface area contributed by atoms with Crippen LogP contribution in [0.15, 0.2) is 103 Å². The van der Waals surface area contributed by atoms with Gasteiger partial charge >= 0.3 is 5.97 Å². The lowest BCUT2D eigenvalue weighted by molar-refractivity contribution is 0.0276. The molecule has 2 aliphatic rings. The quantitative estimate of drug-likeness (QED) is 0.167.